The van der Waals surface area contributed by atoms with Crippen LogP contribution in [0.1, 0.15) is 57.8 Å². The number of morpholine rings is 1. The van der Waals surface area contributed by atoms with Crippen molar-refractivity contribution in [3.8, 4) is 0 Å². The van der Waals surface area contributed by atoms with Crippen LogP contribution in [0.25, 0.3) is 0 Å². The normalized spacial score (nSPS) is 23.3. The Kier molecular flexibility index (Phi) is 12.6. The van der Waals surface area contributed by atoms with Crippen molar-refractivity contribution in [1.29, 1.82) is 0 Å². The van der Waals surface area contributed by atoms with Gasteiger partial charge in [-0.25, -0.2) is 0 Å². The number of likely N-dealkylation sites (tertiary alicyclic amines) is 1. The average molecular weight is 565 g/mol. The van der Waals surface area contributed by atoms with E-state index in [1.54, 1.807) is 0 Å². The number of hydrogen-bond donors (Lipinski definition) is 3. The van der Waals surface area contributed by atoms with Gasteiger partial charge in [0.2, 0.25) is 5.91 Å². The third kappa shape index (κ3) is 8.29. The van der Waals surface area contributed by atoms with Crippen LogP contribution in [0.15, 0.2) is 4.99 Å². The summed E-state index contributed by atoms with van der Waals surface area (Å²) < 4.78 is 5.60. The first kappa shape index (κ1) is 27.6. The Balaban J connectivity index is 0.00000363. The highest BCUT2D eigenvalue weighted by Crippen LogP contribution is 2.33. The van der Waals surface area contributed by atoms with Crippen LogP contribution < -0.4 is 16.4 Å². The molecule has 0 bridgehead atoms. The first-order chi connectivity index (χ1) is 15.1. The van der Waals surface area contributed by atoms with Gasteiger partial charge in [0.05, 0.1) is 13.2 Å². The highest BCUT2D eigenvalue weighted by atomic mass is 127. The fraction of sp³-hybridized carbons (Fsp3) is 0.913. The Labute approximate surface area is 211 Å². The maximum Gasteiger partial charge on any atom is 0.220 e. The number of aliphatic imine (C=N–C) groups is 1. The van der Waals surface area contributed by atoms with Gasteiger partial charge in [0.1, 0.15) is 0 Å². The average Bonchev–Trinajstić information content (AvgIpc) is 2.82. The van der Waals surface area contributed by atoms with Crippen molar-refractivity contribution >= 4 is 35.8 Å². The number of primary amides is 1. The molecule has 2 aliphatic heterocycles. The minimum absolute atomic E-state index is 0. The lowest BCUT2D eigenvalue weighted by molar-refractivity contribution is -0.123. The van der Waals surface area contributed by atoms with E-state index >= 15 is 0 Å². The van der Waals surface area contributed by atoms with Gasteiger partial charge in [-0.2, -0.15) is 0 Å². The molecule has 2 saturated heterocycles. The number of piperidine rings is 1. The van der Waals surface area contributed by atoms with Crippen molar-refractivity contribution in [3.05, 3.63) is 0 Å². The number of halogens is 1. The van der Waals surface area contributed by atoms with Crippen molar-refractivity contribution in [2.45, 2.75) is 63.3 Å². The van der Waals surface area contributed by atoms with Crippen LogP contribution in [0.4, 0.5) is 0 Å². The second kappa shape index (κ2) is 14.6. The number of carbonyl (C=O) groups is 1. The van der Waals surface area contributed by atoms with Crippen molar-refractivity contribution in [2.75, 3.05) is 66.1 Å². The highest BCUT2D eigenvalue weighted by Gasteiger charge is 2.38. The number of carbonyl (C=O) groups excluding carboxylic acids is 1. The van der Waals surface area contributed by atoms with Crippen molar-refractivity contribution in [1.82, 2.24) is 20.4 Å². The van der Waals surface area contributed by atoms with Gasteiger partial charge in [-0.15, -0.1) is 24.0 Å². The van der Waals surface area contributed by atoms with Crippen LogP contribution in [-0.2, 0) is 9.53 Å². The Morgan fingerprint density at radius 3 is 2.38 bits per heavy atom. The number of nitrogens with one attached hydrogen (secondary N) is 2. The molecule has 1 amide bonds. The SMILES string of the molecule is CN=C(NCCCCN1CCC(C(N)=O)CC1)NCC1(N2CCOCC2)CCCCC1.I. The number of nitrogens with zero attached hydrogens (tertiary/aromatic N) is 3. The van der Waals surface area contributed by atoms with Gasteiger partial charge in [0, 0.05) is 44.7 Å². The third-order valence-electron chi connectivity index (χ3n) is 7.46. The van der Waals surface area contributed by atoms with Crippen molar-refractivity contribution in [3.63, 3.8) is 0 Å². The van der Waals surface area contributed by atoms with E-state index in [1.807, 2.05) is 7.05 Å². The molecule has 3 aliphatic rings. The summed E-state index contributed by atoms with van der Waals surface area (Å²) in [4.78, 5) is 20.9. The smallest absolute Gasteiger partial charge is 0.220 e. The van der Waals surface area contributed by atoms with E-state index in [2.05, 4.69) is 25.4 Å². The van der Waals surface area contributed by atoms with Crippen LogP contribution in [0, 0.1) is 5.92 Å². The molecule has 1 aliphatic carbocycles. The lowest BCUT2D eigenvalue weighted by Gasteiger charge is -2.48. The molecule has 32 heavy (non-hydrogen) atoms. The van der Waals surface area contributed by atoms with E-state index in [9.17, 15) is 4.79 Å². The van der Waals surface area contributed by atoms with Crippen molar-refractivity contribution in [2.24, 2.45) is 16.6 Å². The van der Waals surface area contributed by atoms with E-state index in [4.69, 9.17) is 10.5 Å². The summed E-state index contributed by atoms with van der Waals surface area (Å²) in [5.41, 5.74) is 5.67. The monoisotopic (exact) mass is 564 g/mol. The molecule has 9 heteroatoms. The van der Waals surface area contributed by atoms with Crippen LogP contribution in [0.3, 0.4) is 0 Å². The molecule has 2 heterocycles. The predicted molar refractivity (Wildman–Crippen MR) is 141 cm³/mol. The molecular weight excluding hydrogens is 519 g/mol. The molecular formula is C23H45IN6O2. The first-order valence-corrected chi connectivity index (χ1v) is 12.4. The molecule has 0 unspecified atom stereocenters. The molecule has 3 rings (SSSR count). The highest BCUT2D eigenvalue weighted by molar-refractivity contribution is 14.0. The molecule has 0 aromatic rings. The first-order valence-electron chi connectivity index (χ1n) is 12.4. The summed E-state index contributed by atoms with van der Waals surface area (Å²) in [6.07, 6.45) is 10.6. The minimum Gasteiger partial charge on any atom is -0.379 e. The van der Waals surface area contributed by atoms with E-state index in [1.165, 1.54) is 32.1 Å². The van der Waals surface area contributed by atoms with Crippen LogP contribution in [-0.4, -0.2) is 93.3 Å². The standard InChI is InChI=1S/C23H44N6O2.HI/c1-25-22(26-11-5-6-12-28-13-7-20(8-14-28)21(24)30)27-19-23(9-3-2-4-10-23)29-15-17-31-18-16-29;/h20H,2-19H2,1H3,(H2,24,30)(H2,25,26,27);1H. The summed E-state index contributed by atoms with van der Waals surface area (Å²) in [5.74, 6) is 0.865. The summed E-state index contributed by atoms with van der Waals surface area (Å²) in [6, 6.07) is 0. The van der Waals surface area contributed by atoms with Crippen molar-refractivity contribution < 1.29 is 9.53 Å². The van der Waals surface area contributed by atoms with E-state index < -0.39 is 0 Å². The number of amides is 1. The fourth-order valence-electron chi connectivity index (χ4n) is 5.43. The lowest BCUT2D eigenvalue weighted by Crippen LogP contribution is -2.60. The molecule has 1 saturated carbocycles. The Bertz CT molecular complexity index is 571. The Morgan fingerprint density at radius 1 is 1.06 bits per heavy atom. The maximum atomic E-state index is 11.3. The molecule has 0 radical (unpaired) electrons. The third-order valence-corrected chi connectivity index (χ3v) is 7.46. The summed E-state index contributed by atoms with van der Waals surface area (Å²) in [5, 5.41) is 7.14. The quantitative estimate of drug-likeness (QED) is 0.171. The number of rotatable bonds is 9. The largest absolute Gasteiger partial charge is 0.379 e. The Hall–Kier alpha value is -0.650. The molecule has 4 N–H and O–H groups in total. The molecule has 0 atom stereocenters. The molecule has 3 fully saturated rings. The maximum absolute atomic E-state index is 11.3. The molecule has 8 nitrogen and oxygen atoms in total. The Morgan fingerprint density at radius 2 is 1.75 bits per heavy atom. The number of hydrogen-bond acceptors (Lipinski definition) is 5. The summed E-state index contributed by atoms with van der Waals surface area (Å²) >= 11 is 0. The van der Waals surface area contributed by atoms with E-state index in [-0.39, 0.29) is 41.3 Å². The van der Waals surface area contributed by atoms with Gasteiger partial charge in [-0.05, 0) is 58.2 Å². The van der Waals surface area contributed by atoms with Gasteiger partial charge < -0.3 is 26.0 Å². The second-order valence-electron chi connectivity index (χ2n) is 9.46. The molecule has 0 spiro atoms. The van der Waals surface area contributed by atoms with Crippen LogP contribution in [0.5, 0.6) is 0 Å². The van der Waals surface area contributed by atoms with Crippen LogP contribution >= 0.6 is 24.0 Å². The minimum atomic E-state index is -0.133. The zero-order valence-corrected chi connectivity index (χ0v) is 22.3. The van der Waals surface area contributed by atoms with Gasteiger partial charge >= 0.3 is 0 Å². The second-order valence-corrected chi connectivity index (χ2v) is 9.46. The van der Waals surface area contributed by atoms with Gasteiger partial charge in [-0.1, -0.05) is 19.3 Å². The van der Waals surface area contributed by atoms with Gasteiger partial charge in [0.15, 0.2) is 5.96 Å². The topological polar surface area (TPSA) is 95.2 Å². The van der Waals surface area contributed by atoms with Gasteiger partial charge in [0.25, 0.3) is 0 Å². The van der Waals surface area contributed by atoms with Crippen LogP contribution in [0.2, 0.25) is 0 Å². The number of ether oxygens (including phenoxy) is 1. The molecule has 186 valence electrons. The van der Waals surface area contributed by atoms with Gasteiger partial charge in [-0.3, -0.25) is 14.7 Å². The van der Waals surface area contributed by atoms with E-state index in [0.717, 1.165) is 90.7 Å². The summed E-state index contributed by atoms with van der Waals surface area (Å²) in [7, 11) is 1.86. The summed E-state index contributed by atoms with van der Waals surface area (Å²) in [6.45, 7) is 8.78. The number of unbranched alkanes of at least 4 members (excludes halogenated alkanes) is 1. The lowest BCUT2D eigenvalue weighted by atomic mass is 9.80. The molecule has 0 aromatic carbocycles. The number of nitrogens with two attached hydrogens (primary N) is 1. The zero-order chi connectivity index (χ0) is 21.9. The zero-order valence-electron chi connectivity index (χ0n) is 19.9. The van der Waals surface area contributed by atoms with E-state index in [0.29, 0.717) is 0 Å². The predicted octanol–water partition coefficient (Wildman–Crippen LogP) is 1.78. The number of guanidine groups is 1. The molecule has 0 aromatic heterocycles. The fourth-order valence-corrected chi connectivity index (χ4v) is 5.43.